The summed E-state index contributed by atoms with van der Waals surface area (Å²) in [7, 11) is -3.28. The third-order valence-corrected chi connectivity index (χ3v) is 6.80. The highest BCUT2D eigenvalue weighted by atomic mass is 32.2. The van der Waals surface area contributed by atoms with Crippen LogP contribution < -0.4 is 4.90 Å². The molecule has 7 heteroatoms. The molecule has 1 saturated heterocycles. The number of carbonyl (C=O) groups excluding carboxylic acids is 1. The average Bonchev–Trinajstić information content (AvgIpc) is 3.25. The van der Waals surface area contributed by atoms with Gasteiger partial charge in [0, 0.05) is 24.6 Å². The van der Waals surface area contributed by atoms with Crippen molar-refractivity contribution in [2.75, 3.05) is 17.2 Å². The van der Waals surface area contributed by atoms with Gasteiger partial charge in [-0.15, -0.1) is 0 Å². The molecule has 140 valence electrons. The van der Waals surface area contributed by atoms with Crippen LogP contribution in [0.3, 0.4) is 0 Å². The number of sulfone groups is 1. The Morgan fingerprint density at radius 2 is 1.96 bits per heavy atom. The lowest BCUT2D eigenvalue weighted by atomic mass is 10.1. The zero-order valence-corrected chi connectivity index (χ0v) is 15.9. The molecule has 27 heavy (non-hydrogen) atoms. The zero-order valence-electron chi connectivity index (χ0n) is 15.1. The fourth-order valence-corrected chi connectivity index (χ4v) is 4.88. The Morgan fingerprint density at radius 3 is 2.70 bits per heavy atom. The van der Waals surface area contributed by atoms with E-state index in [1.807, 2.05) is 37.3 Å². The number of carbonyl (C=O) groups is 1. The second-order valence-corrected chi connectivity index (χ2v) is 8.97. The van der Waals surface area contributed by atoms with Crippen LogP contribution in [0.4, 0.5) is 5.69 Å². The first kappa shape index (κ1) is 17.7. The molecule has 4 rings (SSSR count). The van der Waals surface area contributed by atoms with E-state index in [0.29, 0.717) is 35.3 Å². The molecule has 1 fully saturated rings. The van der Waals surface area contributed by atoms with Crippen LogP contribution in [-0.4, -0.2) is 36.6 Å². The Labute approximate surface area is 158 Å². The Balaban J connectivity index is 1.62. The quantitative estimate of drug-likeness (QED) is 0.733. The first-order valence-electron chi connectivity index (χ1n) is 9.06. The summed E-state index contributed by atoms with van der Waals surface area (Å²) in [6.07, 6.45) is 0.962. The fraction of sp³-hybridized carbons (Fsp3) is 0.300. The lowest BCUT2D eigenvalue weighted by Crippen LogP contribution is -2.24. The molecule has 0 aliphatic carbocycles. The molecule has 1 aromatic heterocycles. The van der Waals surface area contributed by atoms with Crippen molar-refractivity contribution < 1.29 is 13.2 Å². The number of fused-ring (bicyclic) bond motifs is 1. The number of hydrogen-bond donors (Lipinski definition) is 1. The molecule has 0 spiro atoms. The highest BCUT2D eigenvalue weighted by Crippen LogP contribution is 2.31. The van der Waals surface area contributed by atoms with Crippen LogP contribution in [0.25, 0.3) is 11.0 Å². The zero-order chi connectivity index (χ0) is 19.0. The highest BCUT2D eigenvalue weighted by Gasteiger charge is 2.33. The number of rotatable bonds is 5. The van der Waals surface area contributed by atoms with Crippen LogP contribution in [0.15, 0.2) is 53.4 Å². The predicted octanol–water partition coefficient (Wildman–Crippen LogP) is 3.27. The van der Waals surface area contributed by atoms with Gasteiger partial charge in [-0.2, -0.15) is 0 Å². The second kappa shape index (κ2) is 6.81. The summed E-state index contributed by atoms with van der Waals surface area (Å²) >= 11 is 0. The van der Waals surface area contributed by atoms with E-state index in [9.17, 15) is 13.2 Å². The maximum absolute atomic E-state index is 12.4. The minimum absolute atomic E-state index is 0.0409. The molecular formula is C20H21N3O3S. The van der Waals surface area contributed by atoms with E-state index in [1.54, 1.807) is 23.1 Å². The third-order valence-electron chi connectivity index (χ3n) is 4.88. The van der Waals surface area contributed by atoms with Gasteiger partial charge in [0.05, 0.1) is 21.7 Å². The van der Waals surface area contributed by atoms with Gasteiger partial charge >= 0.3 is 0 Å². The van der Waals surface area contributed by atoms with Crippen molar-refractivity contribution in [3.8, 4) is 0 Å². The van der Waals surface area contributed by atoms with Crippen LogP contribution in [0, 0.1) is 0 Å². The number of nitrogens with one attached hydrogen (secondary N) is 1. The number of nitrogens with zero attached hydrogens (tertiary/aromatic N) is 2. The third kappa shape index (κ3) is 3.35. The summed E-state index contributed by atoms with van der Waals surface area (Å²) < 4.78 is 24.6. The molecule has 2 heterocycles. The van der Waals surface area contributed by atoms with Crippen LogP contribution in [0.1, 0.15) is 31.5 Å². The predicted molar refractivity (Wildman–Crippen MR) is 105 cm³/mol. The van der Waals surface area contributed by atoms with E-state index >= 15 is 0 Å². The van der Waals surface area contributed by atoms with Crippen LogP contribution in [0.5, 0.6) is 0 Å². The van der Waals surface area contributed by atoms with E-state index in [0.717, 1.165) is 11.5 Å². The highest BCUT2D eigenvalue weighted by molar-refractivity contribution is 7.91. The van der Waals surface area contributed by atoms with E-state index in [4.69, 9.17) is 0 Å². The molecule has 1 amide bonds. The van der Waals surface area contributed by atoms with Crippen LogP contribution in [0.2, 0.25) is 0 Å². The monoisotopic (exact) mass is 383 g/mol. The maximum Gasteiger partial charge on any atom is 0.227 e. The van der Waals surface area contributed by atoms with Gasteiger partial charge in [-0.3, -0.25) is 4.79 Å². The number of H-pyrrole nitrogens is 1. The van der Waals surface area contributed by atoms with Gasteiger partial charge < -0.3 is 9.88 Å². The number of aromatic nitrogens is 2. The summed E-state index contributed by atoms with van der Waals surface area (Å²) in [6.45, 7) is 2.41. The van der Waals surface area contributed by atoms with Gasteiger partial charge in [0.25, 0.3) is 0 Å². The maximum atomic E-state index is 12.4. The Morgan fingerprint density at radius 1 is 1.19 bits per heavy atom. The van der Waals surface area contributed by atoms with E-state index in [1.165, 1.54) is 0 Å². The standard InChI is InChI=1S/C20H21N3O3S/c1-2-10-27(25,26)16-8-9-17-18(12-16)22-20(21-17)14-11-19(24)23(13-14)15-6-4-3-5-7-15/h3-9,12,14H,2,10-11,13H2,1H3,(H,21,22). The number of amides is 1. The van der Waals surface area contributed by atoms with Crippen molar-refractivity contribution in [3.63, 3.8) is 0 Å². The summed E-state index contributed by atoms with van der Waals surface area (Å²) in [6, 6.07) is 14.6. The smallest absolute Gasteiger partial charge is 0.227 e. The van der Waals surface area contributed by atoms with Crippen molar-refractivity contribution in [3.05, 3.63) is 54.4 Å². The van der Waals surface area contributed by atoms with Gasteiger partial charge in [-0.25, -0.2) is 13.4 Å². The number of imidazole rings is 1. The molecule has 0 saturated carbocycles. The van der Waals surface area contributed by atoms with E-state index in [2.05, 4.69) is 9.97 Å². The van der Waals surface area contributed by atoms with Gasteiger partial charge in [0.1, 0.15) is 5.82 Å². The molecule has 1 atom stereocenters. The summed E-state index contributed by atoms with van der Waals surface area (Å²) in [5.41, 5.74) is 2.29. The number of anilines is 1. The molecular weight excluding hydrogens is 362 g/mol. The van der Waals surface area contributed by atoms with Crippen molar-refractivity contribution in [2.45, 2.75) is 30.6 Å². The van der Waals surface area contributed by atoms with Gasteiger partial charge in [0.2, 0.25) is 5.91 Å². The van der Waals surface area contributed by atoms with Crippen molar-refractivity contribution in [1.29, 1.82) is 0 Å². The summed E-state index contributed by atoms with van der Waals surface area (Å²) in [5, 5.41) is 0. The van der Waals surface area contributed by atoms with Crippen molar-refractivity contribution >= 4 is 32.5 Å². The first-order chi connectivity index (χ1) is 13.0. The topological polar surface area (TPSA) is 83.1 Å². The number of aromatic amines is 1. The lowest BCUT2D eigenvalue weighted by molar-refractivity contribution is -0.117. The molecule has 1 aliphatic heterocycles. The average molecular weight is 383 g/mol. The molecule has 1 aliphatic rings. The largest absolute Gasteiger partial charge is 0.342 e. The number of hydrogen-bond acceptors (Lipinski definition) is 4. The van der Waals surface area contributed by atoms with Gasteiger partial charge in [-0.1, -0.05) is 25.1 Å². The molecule has 1 unspecified atom stereocenters. The van der Waals surface area contributed by atoms with Crippen LogP contribution >= 0.6 is 0 Å². The summed E-state index contributed by atoms with van der Waals surface area (Å²) in [5.74, 6) is 0.878. The Kier molecular flexibility index (Phi) is 4.47. The minimum atomic E-state index is -3.28. The van der Waals surface area contributed by atoms with Gasteiger partial charge in [0.15, 0.2) is 9.84 Å². The fourth-order valence-electron chi connectivity index (χ4n) is 3.53. The van der Waals surface area contributed by atoms with E-state index < -0.39 is 9.84 Å². The Hall–Kier alpha value is -2.67. The molecule has 3 aromatic rings. The molecule has 1 N–H and O–H groups in total. The van der Waals surface area contributed by atoms with Crippen LogP contribution in [-0.2, 0) is 14.6 Å². The van der Waals surface area contributed by atoms with Gasteiger partial charge in [-0.05, 0) is 36.8 Å². The number of benzene rings is 2. The SMILES string of the molecule is CCCS(=O)(=O)c1ccc2nc(C3CC(=O)N(c4ccccc4)C3)[nH]c2c1. The molecule has 2 aromatic carbocycles. The van der Waals surface area contributed by atoms with E-state index in [-0.39, 0.29) is 17.6 Å². The lowest BCUT2D eigenvalue weighted by Gasteiger charge is -2.15. The molecule has 6 nitrogen and oxygen atoms in total. The second-order valence-electron chi connectivity index (χ2n) is 6.86. The minimum Gasteiger partial charge on any atom is -0.342 e. The first-order valence-corrected chi connectivity index (χ1v) is 10.7. The molecule has 0 radical (unpaired) electrons. The Bertz CT molecular complexity index is 1090. The number of para-hydroxylation sites is 1. The molecule has 0 bridgehead atoms. The normalized spacial score (nSPS) is 17.7. The van der Waals surface area contributed by atoms with Crippen molar-refractivity contribution in [1.82, 2.24) is 9.97 Å². The van der Waals surface area contributed by atoms with Crippen molar-refractivity contribution in [2.24, 2.45) is 0 Å². The summed E-state index contributed by atoms with van der Waals surface area (Å²) in [4.78, 5) is 22.3.